The van der Waals surface area contributed by atoms with E-state index in [4.69, 9.17) is 23.2 Å². The first-order valence-electron chi connectivity index (χ1n) is 11.3. The highest BCUT2D eigenvalue weighted by Gasteiger charge is 2.46. The van der Waals surface area contributed by atoms with Crippen LogP contribution in [-0.4, -0.2) is 11.7 Å². The number of benzene rings is 1. The number of thiophene rings is 1. The van der Waals surface area contributed by atoms with Crippen LogP contribution in [0.3, 0.4) is 0 Å². The van der Waals surface area contributed by atoms with E-state index in [1.54, 1.807) is 28.4 Å². The smallest absolute Gasteiger partial charge is 0.232 e. The monoisotopic (exact) mass is 498 g/mol. The van der Waals surface area contributed by atoms with Crippen LogP contribution >= 0.6 is 34.5 Å². The summed E-state index contributed by atoms with van der Waals surface area (Å²) in [4.78, 5) is 30.2. The zero-order valence-electron chi connectivity index (χ0n) is 18.6. The van der Waals surface area contributed by atoms with Crippen LogP contribution in [0.25, 0.3) is 0 Å². The van der Waals surface area contributed by atoms with Crippen LogP contribution in [0.15, 0.2) is 29.5 Å². The highest BCUT2D eigenvalue weighted by molar-refractivity contribution is 7.16. The molecule has 0 fully saturated rings. The minimum Gasteiger partial charge on any atom is -0.294 e. The number of nitrogens with zero attached hydrogens (tertiary/aromatic N) is 2. The number of carbonyl (C=O) groups excluding carboxylic acids is 2. The van der Waals surface area contributed by atoms with Gasteiger partial charge >= 0.3 is 0 Å². The summed E-state index contributed by atoms with van der Waals surface area (Å²) in [6.07, 6.45) is 5.08. The van der Waals surface area contributed by atoms with Crippen molar-refractivity contribution in [2.24, 2.45) is 5.41 Å². The largest absolute Gasteiger partial charge is 0.294 e. The van der Waals surface area contributed by atoms with Gasteiger partial charge in [-0.2, -0.15) is 5.26 Å². The van der Waals surface area contributed by atoms with Crippen molar-refractivity contribution in [1.29, 1.82) is 5.26 Å². The molecule has 5 rings (SSSR count). The highest BCUT2D eigenvalue weighted by atomic mass is 35.5. The third kappa shape index (κ3) is 3.73. The van der Waals surface area contributed by atoms with E-state index in [0.717, 1.165) is 36.9 Å². The summed E-state index contributed by atoms with van der Waals surface area (Å²) < 4.78 is 0. The molecule has 1 aliphatic heterocycles. The lowest BCUT2D eigenvalue weighted by atomic mass is 9.69. The van der Waals surface area contributed by atoms with Crippen LogP contribution in [-0.2, 0) is 22.4 Å². The van der Waals surface area contributed by atoms with E-state index in [0.29, 0.717) is 44.6 Å². The molecule has 0 saturated heterocycles. The van der Waals surface area contributed by atoms with Gasteiger partial charge in [0.25, 0.3) is 0 Å². The Hall–Kier alpha value is -2.13. The van der Waals surface area contributed by atoms with Gasteiger partial charge in [-0.3, -0.25) is 14.5 Å². The maximum Gasteiger partial charge on any atom is 0.232 e. The Bertz CT molecular complexity index is 1270. The summed E-state index contributed by atoms with van der Waals surface area (Å²) in [5.74, 6) is -0.492. The van der Waals surface area contributed by atoms with Gasteiger partial charge in [-0.15, -0.1) is 11.3 Å². The van der Waals surface area contributed by atoms with E-state index in [-0.39, 0.29) is 23.5 Å². The highest BCUT2D eigenvalue weighted by Crippen LogP contribution is 2.52. The number of aryl methyl sites for hydroxylation is 1. The molecule has 1 atom stereocenters. The van der Waals surface area contributed by atoms with E-state index in [2.05, 4.69) is 19.9 Å². The van der Waals surface area contributed by atoms with Gasteiger partial charge in [0.15, 0.2) is 5.78 Å². The van der Waals surface area contributed by atoms with Crippen molar-refractivity contribution in [3.8, 4) is 6.07 Å². The topological polar surface area (TPSA) is 61.2 Å². The van der Waals surface area contributed by atoms with E-state index >= 15 is 0 Å². The number of anilines is 1. The second kappa shape index (κ2) is 8.27. The minimum atomic E-state index is -0.432. The molecule has 2 aromatic rings. The predicted molar refractivity (Wildman–Crippen MR) is 132 cm³/mol. The lowest BCUT2D eigenvalue weighted by Crippen LogP contribution is -2.43. The van der Waals surface area contributed by atoms with Crippen molar-refractivity contribution in [1.82, 2.24) is 0 Å². The summed E-state index contributed by atoms with van der Waals surface area (Å²) in [5, 5.41) is 11.5. The molecule has 0 N–H and O–H groups in total. The van der Waals surface area contributed by atoms with Crippen molar-refractivity contribution in [2.45, 2.75) is 64.7 Å². The Morgan fingerprint density at radius 1 is 1.15 bits per heavy atom. The summed E-state index contributed by atoms with van der Waals surface area (Å²) in [7, 11) is 0. The Labute approximate surface area is 207 Å². The number of allylic oxidation sites excluding steroid dienone is 2. The predicted octanol–water partition coefficient (Wildman–Crippen LogP) is 6.97. The molecule has 4 nitrogen and oxygen atoms in total. The number of hydrogen-bond acceptors (Lipinski definition) is 4. The molecular formula is C26H24Cl2N2O2S. The van der Waals surface area contributed by atoms with Crippen molar-refractivity contribution < 1.29 is 9.59 Å². The molecular weight excluding hydrogens is 475 g/mol. The number of ketones is 1. The molecule has 3 aliphatic rings. The fraction of sp³-hybridized carbons (Fsp3) is 0.423. The molecule has 0 spiro atoms. The SMILES string of the molecule is CC1(C)CC(=O)C2=C(C1)N(c1sc3c(c1C#N)CCCC3)C(=O)C[C@@H]2c1cccc(Cl)c1Cl. The van der Waals surface area contributed by atoms with Gasteiger partial charge in [-0.05, 0) is 54.7 Å². The number of Topliss-reactive ketones (excluding diaryl/α,β-unsaturated/α-hetero) is 1. The minimum absolute atomic E-state index is 0.0413. The normalized spacial score (nSPS) is 22.2. The van der Waals surface area contributed by atoms with E-state index in [1.807, 2.05) is 6.07 Å². The van der Waals surface area contributed by atoms with E-state index in [1.165, 1.54) is 4.88 Å². The molecule has 170 valence electrons. The molecule has 0 bridgehead atoms. The maximum atomic E-state index is 13.7. The van der Waals surface area contributed by atoms with Crippen LogP contribution < -0.4 is 4.90 Å². The third-order valence-corrected chi connectivity index (χ3v) is 9.08. The standard InChI is InChI=1S/C26H24Cl2N2O2S/c1-26(2)11-19-23(20(31)12-26)16(15-7-5-8-18(27)24(15)28)10-22(32)30(19)25-17(13-29)14-6-3-4-9-21(14)33-25/h5,7-8,16H,3-4,6,9-12H2,1-2H3/t16-/m1/s1. The Kier molecular flexibility index (Phi) is 5.68. The summed E-state index contributed by atoms with van der Waals surface area (Å²) in [5.41, 5.74) is 3.49. The van der Waals surface area contributed by atoms with Gasteiger partial charge in [0.2, 0.25) is 5.91 Å². The van der Waals surface area contributed by atoms with Gasteiger partial charge in [0.1, 0.15) is 11.1 Å². The molecule has 7 heteroatoms. The van der Waals surface area contributed by atoms with Crippen LogP contribution in [0.5, 0.6) is 0 Å². The molecule has 1 aromatic carbocycles. The van der Waals surface area contributed by atoms with Crippen LogP contribution in [0.1, 0.15) is 73.4 Å². The quantitative estimate of drug-likeness (QED) is 0.448. The first-order chi connectivity index (χ1) is 15.7. The van der Waals surface area contributed by atoms with Crippen LogP contribution in [0.2, 0.25) is 10.0 Å². The molecule has 0 unspecified atom stereocenters. The number of hydrogen-bond donors (Lipinski definition) is 0. The van der Waals surface area contributed by atoms with Crippen molar-refractivity contribution >= 4 is 51.2 Å². The molecule has 2 heterocycles. The first kappa shape index (κ1) is 22.7. The number of fused-ring (bicyclic) bond motifs is 1. The zero-order valence-corrected chi connectivity index (χ0v) is 21.0. The van der Waals surface area contributed by atoms with Gasteiger partial charge in [0, 0.05) is 34.9 Å². The number of halogens is 2. The van der Waals surface area contributed by atoms with Gasteiger partial charge in [-0.1, -0.05) is 49.2 Å². The number of rotatable bonds is 2. The lowest BCUT2D eigenvalue weighted by Gasteiger charge is -2.42. The second-order valence-corrected chi connectivity index (χ2v) is 11.8. The molecule has 33 heavy (non-hydrogen) atoms. The van der Waals surface area contributed by atoms with Gasteiger partial charge in [-0.25, -0.2) is 0 Å². The average Bonchev–Trinajstić information content (AvgIpc) is 3.12. The first-order valence-corrected chi connectivity index (χ1v) is 12.9. The Balaban J connectivity index is 1.73. The average molecular weight is 499 g/mol. The fourth-order valence-corrected chi connectivity index (χ4v) is 7.35. The summed E-state index contributed by atoms with van der Waals surface area (Å²) in [6.45, 7) is 4.11. The lowest BCUT2D eigenvalue weighted by molar-refractivity contribution is -0.120. The van der Waals surface area contributed by atoms with Crippen LogP contribution in [0.4, 0.5) is 5.00 Å². The molecule has 1 amide bonds. The third-order valence-electron chi connectivity index (χ3n) is 6.97. The molecule has 0 radical (unpaired) electrons. The van der Waals surface area contributed by atoms with Crippen LogP contribution in [0, 0.1) is 16.7 Å². The Morgan fingerprint density at radius 2 is 1.91 bits per heavy atom. The number of carbonyl (C=O) groups is 2. The van der Waals surface area contributed by atoms with Crippen molar-refractivity contribution in [3.63, 3.8) is 0 Å². The van der Waals surface area contributed by atoms with E-state index < -0.39 is 5.92 Å². The second-order valence-electron chi connectivity index (χ2n) is 9.93. The zero-order chi connectivity index (χ0) is 23.5. The summed E-state index contributed by atoms with van der Waals surface area (Å²) in [6, 6.07) is 7.74. The molecule has 1 aromatic heterocycles. The van der Waals surface area contributed by atoms with E-state index in [9.17, 15) is 14.9 Å². The van der Waals surface area contributed by atoms with Crippen molar-refractivity contribution in [2.75, 3.05) is 4.90 Å². The molecule has 2 aliphatic carbocycles. The number of amides is 1. The van der Waals surface area contributed by atoms with Gasteiger partial charge in [0.05, 0.1) is 15.6 Å². The Morgan fingerprint density at radius 3 is 2.67 bits per heavy atom. The number of nitriles is 1. The fourth-order valence-electron chi connectivity index (χ4n) is 5.53. The maximum absolute atomic E-state index is 13.7. The summed E-state index contributed by atoms with van der Waals surface area (Å²) >= 11 is 14.4. The van der Waals surface area contributed by atoms with Crippen molar-refractivity contribution in [3.05, 3.63) is 61.1 Å². The molecule has 0 saturated carbocycles. The van der Waals surface area contributed by atoms with Gasteiger partial charge < -0.3 is 0 Å².